The number of aromatic carboxylic acids is 1. The van der Waals surface area contributed by atoms with Crippen LogP contribution in [0.5, 0.6) is 11.5 Å². The molecule has 14 heavy (non-hydrogen) atoms. The van der Waals surface area contributed by atoms with Crippen LogP contribution in [0.1, 0.15) is 27.0 Å². The van der Waals surface area contributed by atoms with Gasteiger partial charge in [-0.1, -0.05) is 11.3 Å². The molecule has 0 bridgehead atoms. The third-order valence-corrected chi connectivity index (χ3v) is 2.42. The molecule has 0 amide bonds. The fraction of sp³-hybridized carbons (Fsp3) is 0.300. The van der Waals surface area contributed by atoms with Gasteiger partial charge >= 0.3 is 5.97 Å². The van der Waals surface area contributed by atoms with Crippen LogP contribution in [-0.2, 0) is 0 Å². The maximum atomic E-state index is 11.4. The number of phenols is 1. The monoisotopic (exact) mass is 195 g/mol. The normalized spacial score (nSPS) is 10.2. The van der Waals surface area contributed by atoms with E-state index in [2.05, 4.69) is 0 Å². The molecule has 4 nitrogen and oxygen atoms in total. The van der Waals surface area contributed by atoms with E-state index in [9.17, 15) is 15.0 Å². The Morgan fingerprint density at radius 1 is 1.14 bits per heavy atom. The fourth-order valence-corrected chi connectivity index (χ4v) is 1.37. The molecule has 0 fully saturated rings. The van der Waals surface area contributed by atoms with Gasteiger partial charge in [-0.2, -0.15) is 0 Å². The van der Waals surface area contributed by atoms with Gasteiger partial charge in [0.25, 0.3) is 0 Å². The Hall–Kier alpha value is -1.71. The Morgan fingerprint density at radius 2 is 1.64 bits per heavy atom. The molecule has 0 saturated carbocycles. The van der Waals surface area contributed by atoms with E-state index in [1.165, 1.54) is 13.8 Å². The largest absolute Gasteiger partial charge is 0.872 e. The molecule has 0 aliphatic heterocycles. The molecule has 0 aromatic heterocycles. The summed E-state index contributed by atoms with van der Waals surface area (Å²) in [6.07, 6.45) is 0. The number of aromatic hydroxyl groups is 1. The summed E-state index contributed by atoms with van der Waals surface area (Å²) in [5.74, 6) is -1.94. The first-order valence-electron chi connectivity index (χ1n) is 4.11. The van der Waals surface area contributed by atoms with E-state index in [1.54, 1.807) is 6.92 Å². The predicted molar refractivity (Wildman–Crippen MR) is 48.7 cm³/mol. The zero-order valence-corrected chi connectivity index (χ0v) is 8.21. The molecule has 0 atom stereocenters. The van der Waals surface area contributed by atoms with Crippen molar-refractivity contribution in [2.75, 3.05) is 0 Å². The summed E-state index contributed by atoms with van der Waals surface area (Å²) in [7, 11) is 0. The summed E-state index contributed by atoms with van der Waals surface area (Å²) in [6.45, 7) is 4.48. The van der Waals surface area contributed by atoms with E-state index in [4.69, 9.17) is 5.11 Å². The topological polar surface area (TPSA) is 80.6 Å². The Labute approximate surface area is 81.4 Å². The van der Waals surface area contributed by atoms with Crippen LogP contribution < -0.4 is 5.11 Å². The molecular weight excluding hydrogens is 184 g/mol. The van der Waals surface area contributed by atoms with Gasteiger partial charge in [-0.05, 0) is 31.9 Å². The van der Waals surface area contributed by atoms with Gasteiger partial charge in [0, 0.05) is 0 Å². The summed E-state index contributed by atoms with van der Waals surface area (Å²) in [5.41, 5.74) is 0.605. The molecule has 0 aliphatic carbocycles. The predicted octanol–water partition coefficient (Wildman–Crippen LogP) is 1.09. The summed E-state index contributed by atoms with van der Waals surface area (Å²) in [6, 6.07) is 0. The molecule has 0 heterocycles. The zero-order valence-electron chi connectivity index (χ0n) is 8.21. The van der Waals surface area contributed by atoms with Crippen LogP contribution in [0.3, 0.4) is 0 Å². The van der Waals surface area contributed by atoms with Gasteiger partial charge in [0.05, 0.1) is 0 Å². The molecular formula is C10H11O4-. The maximum Gasteiger partial charge on any atom is 0.339 e. The second-order valence-electron chi connectivity index (χ2n) is 3.23. The third kappa shape index (κ3) is 1.28. The van der Waals surface area contributed by atoms with Crippen molar-refractivity contribution in [3.8, 4) is 11.5 Å². The molecule has 0 radical (unpaired) electrons. The molecule has 1 aromatic rings. The third-order valence-electron chi connectivity index (χ3n) is 2.42. The summed E-state index contributed by atoms with van der Waals surface area (Å²) in [5, 5.41) is 29.7. The molecule has 0 unspecified atom stereocenters. The van der Waals surface area contributed by atoms with Gasteiger partial charge in [-0.15, -0.1) is 0 Å². The van der Waals surface area contributed by atoms with Crippen molar-refractivity contribution in [1.82, 2.24) is 0 Å². The van der Waals surface area contributed by atoms with Crippen LogP contribution in [0.2, 0.25) is 0 Å². The lowest BCUT2D eigenvalue weighted by Crippen LogP contribution is -2.07. The second kappa shape index (κ2) is 3.21. The van der Waals surface area contributed by atoms with E-state index >= 15 is 0 Å². The summed E-state index contributed by atoms with van der Waals surface area (Å²) >= 11 is 0. The van der Waals surface area contributed by atoms with Crippen molar-refractivity contribution < 1.29 is 20.1 Å². The van der Waals surface area contributed by atoms with Crippen molar-refractivity contribution in [1.29, 1.82) is 0 Å². The minimum absolute atomic E-state index is 0.0884. The zero-order chi connectivity index (χ0) is 11.0. The van der Waals surface area contributed by atoms with Gasteiger partial charge in [0.2, 0.25) is 0 Å². The highest BCUT2D eigenvalue weighted by molar-refractivity contribution is 5.94. The van der Waals surface area contributed by atoms with Crippen molar-refractivity contribution in [3.05, 3.63) is 22.3 Å². The van der Waals surface area contributed by atoms with Gasteiger partial charge in [-0.25, -0.2) is 4.79 Å². The van der Waals surface area contributed by atoms with Crippen LogP contribution >= 0.6 is 0 Å². The van der Waals surface area contributed by atoms with Crippen molar-refractivity contribution in [2.45, 2.75) is 20.8 Å². The average Bonchev–Trinajstić information content (AvgIpc) is 2.11. The Morgan fingerprint density at radius 3 is 2.07 bits per heavy atom. The smallest absolute Gasteiger partial charge is 0.339 e. The van der Waals surface area contributed by atoms with E-state index in [0.717, 1.165) is 0 Å². The standard InChI is InChI=1S/C10H12O4/c1-4-5(2)8(11)6(3)9(12)7(4)10(13)14/h11-12H,1-3H3,(H,13,14)/p-1. The number of carbonyl (C=O) groups is 1. The molecule has 1 aromatic carbocycles. The van der Waals surface area contributed by atoms with Gasteiger partial charge in [-0.3, -0.25) is 0 Å². The lowest BCUT2D eigenvalue weighted by Gasteiger charge is -2.20. The highest BCUT2D eigenvalue weighted by Gasteiger charge is 2.17. The molecule has 4 heteroatoms. The lowest BCUT2D eigenvalue weighted by atomic mass is 9.97. The van der Waals surface area contributed by atoms with Gasteiger partial charge in [0.1, 0.15) is 11.3 Å². The van der Waals surface area contributed by atoms with Crippen molar-refractivity contribution >= 4 is 5.97 Å². The lowest BCUT2D eigenvalue weighted by molar-refractivity contribution is -0.270. The van der Waals surface area contributed by atoms with E-state index in [1.807, 2.05) is 0 Å². The number of carboxylic acids is 1. The SMILES string of the molecule is Cc1c(C)c(C(=O)O)c(O)c(C)c1[O-]. The highest BCUT2D eigenvalue weighted by atomic mass is 16.4. The van der Waals surface area contributed by atoms with E-state index in [-0.39, 0.29) is 16.9 Å². The minimum atomic E-state index is -1.22. The summed E-state index contributed by atoms with van der Waals surface area (Å²) in [4.78, 5) is 10.8. The molecule has 1 rings (SSSR count). The quantitative estimate of drug-likeness (QED) is 0.702. The van der Waals surface area contributed by atoms with Crippen LogP contribution in [-0.4, -0.2) is 16.2 Å². The molecule has 0 saturated heterocycles. The molecule has 0 aliphatic rings. The number of hydrogen-bond acceptors (Lipinski definition) is 3. The Bertz CT molecular complexity index is 378. The molecule has 0 spiro atoms. The molecule has 76 valence electrons. The number of rotatable bonds is 1. The Kier molecular flexibility index (Phi) is 2.38. The van der Waals surface area contributed by atoms with Gasteiger partial charge < -0.3 is 15.3 Å². The molecule has 2 N–H and O–H groups in total. The minimum Gasteiger partial charge on any atom is -0.872 e. The number of carboxylic acid groups (broad SMARTS) is 1. The fourth-order valence-electron chi connectivity index (χ4n) is 1.37. The van der Waals surface area contributed by atoms with Crippen LogP contribution in [0.25, 0.3) is 0 Å². The first-order chi connectivity index (χ1) is 6.37. The van der Waals surface area contributed by atoms with Crippen LogP contribution in [0.4, 0.5) is 0 Å². The van der Waals surface area contributed by atoms with Gasteiger partial charge in [0.15, 0.2) is 0 Å². The first-order valence-corrected chi connectivity index (χ1v) is 4.11. The van der Waals surface area contributed by atoms with Crippen LogP contribution in [0.15, 0.2) is 0 Å². The second-order valence-corrected chi connectivity index (χ2v) is 3.23. The highest BCUT2D eigenvalue weighted by Crippen LogP contribution is 2.34. The van der Waals surface area contributed by atoms with Crippen molar-refractivity contribution in [2.24, 2.45) is 0 Å². The van der Waals surface area contributed by atoms with E-state index in [0.29, 0.717) is 11.1 Å². The average molecular weight is 195 g/mol. The van der Waals surface area contributed by atoms with Crippen LogP contribution in [0, 0.1) is 20.8 Å². The van der Waals surface area contributed by atoms with E-state index < -0.39 is 11.7 Å². The number of benzene rings is 1. The summed E-state index contributed by atoms with van der Waals surface area (Å²) < 4.78 is 0. The first kappa shape index (κ1) is 10.4. The maximum absolute atomic E-state index is 11.4. The Balaban J connectivity index is 3.68. The van der Waals surface area contributed by atoms with Crippen molar-refractivity contribution in [3.63, 3.8) is 0 Å². The number of hydrogen-bond donors (Lipinski definition) is 2.